The molecule has 0 aromatic heterocycles. The summed E-state index contributed by atoms with van der Waals surface area (Å²) in [6, 6.07) is 12.3. The summed E-state index contributed by atoms with van der Waals surface area (Å²) in [5.41, 5.74) is 2.91. The zero-order valence-corrected chi connectivity index (χ0v) is 12.5. The van der Waals surface area contributed by atoms with Gasteiger partial charge in [-0.3, -0.25) is 0 Å². The minimum atomic E-state index is -1.13. The summed E-state index contributed by atoms with van der Waals surface area (Å²) in [7, 11) is 0. The Hall–Kier alpha value is -2.62. The number of rotatable bonds is 5. The second-order valence-corrected chi connectivity index (χ2v) is 5.60. The number of carboxylic acids is 2. The predicted octanol–water partition coefficient (Wildman–Crippen LogP) is 3.80. The van der Waals surface area contributed by atoms with Gasteiger partial charge in [-0.25, -0.2) is 9.59 Å². The maximum absolute atomic E-state index is 11.1. The predicted molar refractivity (Wildman–Crippen MR) is 83.7 cm³/mol. The van der Waals surface area contributed by atoms with Crippen LogP contribution in [0.4, 0.5) is 0 Å². The second kappa shape index (κ2) is 6.43. The van der Waals surface area contributed by atoms with Crippen molar-refractivity contribution in [2.45, 2.75) is 26.2 Å². The van der Waals surface area contributed by atoms with Crippen LogP contribution in [-0.4, -0.2) is 22.2 Å². The molecule has 2 aromatic carbocycles. The summed E-state index contributed by atoms with van der Waals surface area (Å²) >= 11 is 0. The molecular weight excluding hydrogens is 280 g/mol. The molecule has 0 saturated heterocycles. The normalized spacial score (nSPS) is 10.7. The number of hydrogen-bond acceptors (Lipinski definition) is 2. The van der Waals surface area contributed by atoms with Crippen molar-refractivity contribution in [3.63, 3.8) is 0 Å². The molecule has 0 heterocycles. The average Bonchev–Trinajstić information content (AvgIpc) is 2.47. The highest BCUT2D eigenvalue weighted by atomic mass is 16.4. The number of aromatic carboxylic acids is 2. The highest BCUT2D eigenvalue weighted by molar-refractivity contribution is 5.94. The van der Waals surface area contributed by atoms with Gasteiger partial charge in [0.15, 0.2) is 0 Å². The van der Waals surface area contributed by atoms with E-state index in [2.05, 4.69) is 13.8 Å². The SMILES string of the molecule is CC(C)c1ccc(Cc2cc(C(=O)O)cc(C(=O)O)c2)cc1. The Morgan fingerprint density at radius 2 is 1.36 bits per heavy atom. The van der Waals surface area contributed by atoms with Crippen LogP contribution in [-0.2, 0) is 6.42 Å². The molecule has 0 aliphatic carbocycles. The first-order valence-electron chi connectivity index (χ1n) is 7.06. The summed E-state index contributed by atoms with van der Waals surface area (Å²) in [4.78, 5) is 22.2. The van der Waals surface area contributed by atoms with Gasteiger partial charge in [0.2, 0.25) is 0 Å². The van der Waals surface area contributed by atoms with Crippen LogP contribution in [0.5, 0.6) is 0 Å². The first kappa shape index (κ1) is 15.8. The quantitative estimate of drug-likeness (QED) is 0.880. The molecule has 114 valence electrons. The second-order valence-electron chi connectivity index (χ2n) is 5.60. The highest BCUT2D eigenvalue weighted by Gasteiger charge is 2.11. The van der Waals surface area contributed by atoms with Crippen LogP contribution < -0.4 is 0 Å². The molecule has 0 amide bonds. The van der Waals surface area contributed by atoms with E-state index in [1.165, 1.54) is 23.8 Å². The molecule has 0 unspecified atom stereocenters. The molecule has 4 heteroatoms. The molecule has 0 radical (unpaired) electrons. The monoisotopic (exact) mass is 298 g/mol. The third-order valence-corrected chi connectivity index (χ3v) is 3.54. The van der Waals surface area contributed by atoms with Gasteiger partial charge in [0, 0.05) is 0 Å². The van der Waals surface area contributed by atoms with Crippen molar-refractivity contribution in [1.82, 2.24) is 0 Å². The first-order valence-corrected chi connectivity index (χ1v) is 7.06. The highest BCUT2D eigenvalue weighted by Crippen LogP contribution is 2.18. The Labute approximate surface area is 129 Å². The Morgan fingerprint density at radius 1 is 0.864 bits per heavy atom. The van der Waals surface area contributed by atoms with E-state index < -0.39 is 11.9 Å². The Kier molecular flexibility index (Phi) is 4.61. The van der Waals surface area contributed by atoms with Gasteiger partial charge in [0.25, 0.3) is 0 Å². The fourth-order valence-corrected chi connectivity index (χ4v) is 2.30. The van der Waals surface area contributed by atoms with Crippen molar-refractivity contribution in [2.75, 3.05) is 0 Å². The lowest BCUT2D eigenvalue weighted by atomic mass is 9.97. The van der Waals surface area contributed by atoms with Gasteiger partial charge in [0.1, 0.15) is 0 Å². The fraction of sp³-hybridized carbons (Fsp3) is 0.222. The molecule has 0 fully saturated rings. The van der Waals surface area contributed by atoms with Crippen LogP contribution in [0, 0.1) is 0 Å². The number of benzene rings is 2. The van der Waals surface area contributed by atoms with Crippen LogP contribution >= 0.6 is 0 Å². The first-order chi connectivity index (χ1) is 10.4. The van der Waals surface area contributed by atoms with E-state index in [0.29, 0.717) is 17.9 Å². The lowest BCUT2D eigenvalue weighted by molar-refractivity contribution is 0.0696. The maximum atomic E-state index is 11.1. The van der Waals surface area contributed by atoms with Gasteiger partial charge >= 0.3 is 11.9 Å². The smallest absolute Gasteiger partial charge is 0.335 e. The number of carboxylic acid groups (broad SMARTS) is 2. The Morgan fingerprint density at radius 3 is 1.77 bits per heavy atom. The van der Waals surface area contributed by atoms with Crippen LogP contribution in [0.2, 0.25) is 0 Å². The van der Waals surface area contributed by atoms with E-state index in [4.69, 9.17) is 10.2 Å². The summed E-state index contributed by atoms with van der Waals surface area (Å²) in [5, 5.41) is 18.2. The third-order valence-electron chi connectivity index (χ3n) is 3.54. The van der Waals surface area contributed by atoms with E-state index in [0.717, 1.165) is 5.56 Å². The zero-order valence-electron chi connectivity index (χ0n) is 12.5. The lowest BCUT2D eigenvalue weighted by Crippen LogP contribution is -2.04. The summed E-state index contributed by atoms with van der Waals surface area (Å²) in [6.07, 6.45) is 0.500. The fourth-order valence-electron chi connectivity index (χ4n) is 2.30. The van der Waals surface area contributed by atoms with Crippen molar-refractivity contribution < 1.29 is 19.8 Å². The molecule has 0 atom stereocenters. The van der Waals surface area contributed by atoms with Gasteiger partial charge < -0.3 is 10.2 Å². The largest absolute Gasteiger partial charge is 0.478 e. The number of hydrogen-bond donors (Lipinski definition) is 2. The minimum absolute atomic E-state index is 0.00583. The minimum Gasteiger partial charge on any atom is -0.478 e. The van der Waals surface area contributed by atoms with Crippen LogP contribution in [0.1, 0.15) is 57.2 Å². The molecule has 4 nitrogen and oxygen atoms in total. The standard InChI is InChI=1S/C18H18O4/c1-11(2)14-5-3-12(4-6-14)7-13-8-15(17(19)20)10-16(9-13)18(21)22/h3-6,8-11H,7H2,1-2H3,(H,19,20)(H,21,22). The molecule has 0 saturated carbocycles. The van der Waals surface area contributed by atoms with Crippen molar-refractivity contribution in [3.8, 4) is 0 Å². The third kappa shape index (κ3) is 3.73. The molecule has 2 rings (SSSR count). The molecule has 0 aliphatic heterocycles. The summed E-state index contributed by atoms with van der Waals surface area (Å²) < 4.78 is 0. The van der Waals surface area contributed by atoms with Crippen LogP contribution in [0.15, 0.2) is 42.5 Å². The summed E-state index contributed by atoms with van der Waals surface area (Å²) in [6.45, 7) is 4.23. The van der Waals surface area contributed by atoms with Crippen LogP contribution in [0.25, 0.3) is 0 Å². The number of carbonyl (C=O) groups is 2. The van der Waals surface area contributed by atoms with Crippen LogP contribution in [0.3, 0.4) is 0 Å². The Bertz CT molecular complexity index is 667. The van der Waals surface area contributed by atoms with Gasteiger partial charge in [-0.05, 0) is 47.2 Å². The van der Waals surface area contributed by atoms with Crippen molar-refractivity contribution in [2.24, 2.45) is 0 Å². The van der Waals surface area contributed by atoms with E-state index in [9.17, 15) is 9.59 Å². The average molecular weight is 298 g/mol. The van der Waals surface area contributed by atoms with Gasteiger partial charge in [-0.1, -0.05) is 38.1 Å². The summed E-state index contributed by atoms with van der Waals surface area (Å²) in [5.74, 6) is -1.80. The molecular formula is C18H18O4. The molecule has 2 aromatic rings. The van der Waals surface area contributed by atoms with E-state index in [1.807, 2.05) is 24.3 Å². The lowest BCUT2D eigenvalue weighted by Gasteiger charge is -2.08. The van der Waals surface area contributed by atoms with Gasteiger partial charge in [-0.15, -0.1) is 0 Å². The van der Waals surface area contributed by atoms with Crippen molar-refractivity contribution in [1.29, 1.82) is 0 Å². The molecule has 22 heavy (non-hydrogen) atoms. The van der Waals surface area contributed by atoms with Crippen molar-refractivity contribution >= 4 is 11.9 Å². The molecule has 0 aliphatic rings. The van der Waals surface area contributed by atoms with E-state index >= 15 is 0 Å². The van der Waals surface area contributed by atoms with Gasteiger partial charge in [0.05, 0.1) is 11.1 Å². The molecule has 0 spiro atoms. The van der Waals surface area contributed by atoms with E-state index in [-0.39, 0.29) is 11.1 Å². The Balaban J connectivity index is 2.32. The molecule has 2 N–H and O–H groups in total. The van der Waals surface area contributed by atoms with Gasteiger partial charge in [-0.2, -0.15) is 0 Å². The van der Waals surface area contributed by atoms with E-state index in [1.54, 1.807) is 0 Å². The maximum Gasteiger partial charge on any atom is 0.335 e. The molecule has 0 bridgehead atoms. The topological polar surface area (TPSA) is 74.6 Å². The van der Waals surface area contributed by atoms with Crippen molar-refractivity contribution in [3.05, 3.63) is 70.3 Å². The zero-order chi connectivity index (χ0) is 16.3.